The van der Waals surface area contributed by atoms with Gasteiger partial charge in [0.25, 0.3) is 0 Å². The lowest BCUT2D eigenvalue weighted by atomic mass is 9.95. The van der Waals surface area contributed by atoms with Gasteiger partial charge in [-0.1, -0.05) is 20.8 Å². The maximum absolute atomic E-state index is 11.7. The second-order valence-corrected chi connectivity index (χ2v) is 4.73. The van der Waals surface area contributed by atoms with Crippen molar-refractivity contribution in [2.24, 2.45) is 11.1 Å². The Morgan fingerprint density at radius 1 is 1.38 bits per heavy atom. The van der Waals surface area contributed by atoms with Crippen molar-refractivity contribution < 1.29 is 14.3 Å². The van der Waals surface area contributed by atoms with E-state index in [9.17, 15) is 9.59 Å². The van der Waals surface area contributed by atoms with Crippen molar-refractivity contribution in [3.8, 4) is 0 Å². The molecule has 0 aliphatic carbocycles. The second kappa shape index (κ2) is 6.48. The topological polar surface area (TPSA) is 81.4 Å². The fourth-order valence-electron chi connectivity index (χ4n) is 1.09. The smallest absolute Gasteiger partial charge is 0.328 e. The molecule has 0 aromatic rings. The van der Waals surface area contributed by atoms with Crippen LogP contribution in [0.3, 0.4) is 0 Å². The Morgan fingerprint density at radius 2 is 1.94 bits per heavy atom. The largest absolute Gasteiger partial charge is 0.467 e. The van der Waals surface area contributed by atoms with Crippen LogP contribution in [0.1, 0.15) is 33.6 Å². The molecule has 0 aromatic carbocycles. The van der Waals surface area contributed by atoms with E-state index in [1.54, 1.807) is 20.8 Å². The number of ether oxygens (including phenoxy) is 1. The number of hydrogen-bond acceptors (Lipinski definition) is 4. The van der Waals surface area contributed by atoms with Gasteiger partial charge >= 0.3 is 5.97 Å². The maximum Gasteiger partial charge on any atom is 0.328 e. The highest BCUT2D eigenvalue weighted by Crippen LogP contribution is 2.13. The highest BCUT2D eigenvalue weighted by atomic mass is 16.5. The summed E-state index contributed by atoms with van der Waals surface area (Å²) in [5.74, 6) is -0.592. The molecular weight excluding hydrogens is 208 g/mol. The number of hydrogen-bond donors (Lipinski definition) is 2. The zero-order chi connectivity index (χ0) is 12.8. The standard InChI is InChI=1S/C11H22N2O3/c1-11(2,3)10(15)13-8(6-5-7-12)9(14)16-4/h8H,5-7,12H2,1-4H3,(H,13,15)/t8-/m1/s1. The zero-order valence-electron chi connectivity index (χ0n) is 10.5. The Labute approximate surface area is 96.7 Å². The van der Waals surface area contributed by atoms with Crippen LogP contribution in [0.15, 0.2) is 0 Å². The van der Waals surface area contributed by atoms with E-state index in [4.69, 9.17) is 5.73 Å². The van der Waals surface area contributed by atoms with Crippen molar-refractivity contribution in [1.82, 2.24) is 5.32 Å². The van der Waals surface area contributed by atoms with Crippen LogP contribution in [0.4, 0.5) is 0 Å². The highest BCUT2D eigenvalue weighted by molar-refractivity contribution is 5.87. The molecule has 0 aromatic heterocycles. The van der Waals surface area contributed by atoms with Crippen molar-refractivity contribution in [3.05, 3.63) is 0 Å². The maximum atomic E-state index is 11.7. The molecule has 0 radical (unpaired) electrons. The lowest BCUT2D eigenvalue weighted by Gasteiger charge is -2.22. The molecule has 0 aliphatic rings. The van der Waals surface area contributed by atoms with Crippen LogP contribution >= 0.6 is 0 Å². The summed E-state index contributed by atoms with van der Waals surface area (Å²) < 4.78 is 4.63. The van der Waals surface area contributed by atoms with Gasteiger partial charge < -0.3 is 15.8 Å². The molecule has 0 rings (SSSR count). The first-order chi connectivity index (χ1) is 7.32. The van der Waals surface area contributed by atoms with E-state index in [1.165, 1.54) is 7.11 Å². The van der Waals surface area contributed by atoms with Crippen LogP contribution in [-0.2, 0) is 14.3 Å². The first-order valence-corrected chi connectivity index (χ1v) is 5.41. The van der Waals surface area contributed by atoms with Crippen molar-refractivity contribution in [1.29, 1.82) is 0 Å². The molecule has 5 nitrogen and oxygen atoms in total. The lowest BCUT2D eigenvalue weighted by molar-refractivity contribution is -0.146. The highest BCUT2D eigenvalue weighted by Gasteiger charge is 2.27. The van der Waals surface area contributed by atoms with Crippen molar-refractivity contribution in [2.45, 2.75) is 39.7 Å². The number of esters is 1. The Hall–Kier alpha value is -1.10. The fourth-order valence-corrected chi connectivity index (χ4v) is 1.09. The summed E-state index contributed by atoms with van der Waals surface area (Å²) in [5.41, 5.74) is 4.85. The summed E-state index contributed by atoms with van der Waals surface area (Å²) >= 11 is 0. The van der Waals surface area contributed by atoms with Crippen LogP contribution in [-0.4, -0.2) is 31.6 Å². The molecule has 0 bridgehead atoms. The quantitative estimate of drug-likeness (QED) is 0.671. The van der Waals surface area contributed by atoms with Crippen LogP contribution in [0.2, 0.25) is 0 Å². The molecule has 3 N–H and O–H groups in total. The van der Waals surface area contributed by atoms with Gasteiger partial charge in [-0.05, 0) is 19.4 Å². The van der Waals surface area contributed by atoms with Crippen molar-refractivity contribution in [3.63, 3.8) is 0 Å². The van der Waals surface area contributed by atoms with E-state index >= 15 is 0 Å². The molecule has 5 heteroatoms. The minimum Gasteiger partial charge on any atom is -0.467 e. The molecule has 1 amide bonds. The summed E-state index contributed by atoms with van der Waals surface area (Å²) in [6.07, 6.45) is 1.18. The van der Waals surface area contributed by atoms with E-state index in [0.717, 1.165) is 0 Å². The number of methoxy groups -OCH3 is 1. The molecule has 0 saturated carbocycles. The summed E-state index contributed by atoms with van der Waals surface area (Å²) in [6, 6.07) is -0.597. The van der Waals surface area contributed by atoms with E-state index in [0.29, 0.717) is 19.4 Å². The summed E-state index contributed by atoms with van der Waals surface area (Å²) in [6.45, 7) is 5.86. The lowest BCUT2D eigenvalue weighted by Crippen LogP contribution is -2.46. The molecule has 0 heterocycles. The minimum atomic E-state index is -0.597. The Balaban J connectivity index is 4.42. The first-order valence-electron chi connectivity index (χ1n) is 5.41. The summed E-state index contributed by atoms with van der Waals surface area (Å²) in [7, 11) is 1.31. The van der Waals surface area contributed by atoms with Crippen molar-refractivity contribution in [2.75, 3.05) is 13.7 Å². The molecule has 94 valence electrons. The number of nitrogens with one attached hydrogen (secondary N) is 1. The molecule has 0 spiro atoms. The SMILES string of the molecule is COC(=O)[C@@H](CCCN)NC(=O)C(C)(C)C. The Kier molecular flexibility index (Phi) is 6.03. The summed E-state index contributed by atoms with van der Waals surface area (Å²) in [4.78, 5) is 23.1. The molecule has 0 fully saturated rings. The molecule has 0 aliphatic heterocycles. The molecular formula is C11H22N2O3. The van der Waals surface area contributed by atoms with E-state index in [2.05, 4.69) is 10.1 Å². The van der Waals surface area contributed by atoms with Crippen molar-refractivity contribution >= 4 is 11.9 Å². The normalized spacial score (nSPS) is 13.1. The second-order valence-electron chi connectivity index (χ2n) is 4.73. The molecule has 0 saturated heterocycles. The third kappa shape index (κ3) is 5.11. The van der Waals surface area contributed by atoms with Gasteiger partial charge in [-0.2, -0.15) is 0 Å². The number of carbonyl (C=O) groups excluding carboxylic acids is 2. The number of nitrogens with two attached hydrogens (primary N) is 1. The predicted octanol–water partition coefficient (Wildman–Crippen LogP) is 0.429. The van der Waals surface area contributed by atoms with E-state index in [-0.39, 0.29) is 5.91 Å². The molecule has 0 unspecified atom stereocenters. The van der Waals surface area contributed by atoms with Gasteiger partial charge in [0.2, 0.25) is 5.91 Å². The van der Waals surface area contributed by atoms with E-state index in [1.807, 2.05) is 0 Å². The summed E-state index contributed by atoms with van der Waals surface area (Å²) in [5, 5.41) is 2.67. The molecule has 16 heavy (non-hydrogen) atoms. The van der Waals surface area contributed by atoms with Gasteiger partial charge in [0, 0.05) is 5.41 Å². The number of carbonyl (C=O) groups is 2. The predicted molar refractivity (Wildman–Crippen MR) is 61.7 cm³/mol. The van der Waals surface area contributed by atoms with Crippen LogP contribution in [0.25, 0.3) is 0 Å². The van der Waals surface area contributed by atoms with E-state index < -0.39 is 17.4 Å². The van der Waals surface area contributed by atoms with Crippen LogP contribution < -0.4 is 11.1 Å². The Morgan fingerprint density at radius 3 is 2.31 bits per heavy atom. The Bertz CT molecular complexity index is 246. The third-order valence-electron chi connectivity index (χ3n) is 2.17. The first kappa shape index (κ1) is 14.9. The van der Waals surface area contributed by atoms with Gasteiger partial charge in [-0.25, -0.2) is 4.79 Å². The van der Waals surface area contributed by atoms with Gasteiger partial charge in [0.15, 0.2) is 0 Å². The fraction of sp³-hybridized carbons (Fsp3) is 0.818. The zero-order valence-corrected chi connectivity index (χ0v) is 10.5. The number of rotatable bonds is 5. The van der Waals surface area contributed by atoms with Crippen LogP contribution in [0.5, 0.6) is 0 Å². The third-order valence-corrected chi connectivity index (χ3v) is 2.17. The average molecular weight is 230 g/mol. The van der Waals surface area contributed by atoms with Crippen LogP contribution in [0, 0.1) is 5.41 Å². The average Bonchev–Trinajstić information content (AvgIpc) is 2.21. The minimum absolute atomic E-state index is 0.167. The van der Waals surface area contributed by atoms with Gasteiger partial charge in [-0.3, -0.25) is 4.79 Å². The molecule has 1 atom stereocenters. The van der Waals surface area contributed by atoms with Gasteiger partial charge in [-0.15, -0.1) is 0 Å². The number of amides is 1. The monoisotopic (exact) mass is 230 g/mol. The van der Waals surface area contributed by atoms with Gasteiger partial charge in [0.05, 0.1) is 7.11 Å². The van der Waals surface area contributed by atoms with Gasteiger partial charge in [0.1, 0.15) is 6.04 Å².